The summed E-state index contributed by atoms with van der Waals surface area (Å²) in [6.07, 6.45) is 2.01. The monoisotopic (exact) mass is 260 g/mol. The number of amides is 1. The standard InChI is InChI=1S/C12H24N2O2S/c1-12(2,3)10(13)8-11(15)14-9-4-6-17(16)7-5-9/h9-10H,4-8,13H2,1-3H3,(H,14,15). The maximum atomic E-state index is 11.8. The lowest BCUT2D eigenvalue weighted by Crippen LogP contribution is -2.44. The summed E-state index contributed by atoms with van der Waals surface area (Å²) in [5, 5.41) is 2.99. The molecule has 1 saturated heterocycles. The van der Waals surface area contributed by atoms with E-state index in [1.54, 1.807) is 0 Å². The Balaban J connectivity index is 2.32. The van der Waals surface area contributed by atoms with E-state index in [0.29, 0.717) is 17.9 Å². The Hall–Kier alpha value is -0.420. The molecule has 4 nitrogen and oxygen atoms in total. The average molecular weight is 260 g/mol. The van der Waals surface area contributed by atoms with E-state index in [4.69, 9.17) is 5.73 Å². The van der Waals surface area contributed by atoms with Crippen molar-refractivity contribution < 1.29 is 9.00 Å². The zero-order valence-electron chi connectivity index (χ0n) is 11.0. The van der Waals surface area contributed by atoms with Gasteiger partial charge in [0.05, 0.1) is 0 Å². The maximum Gasteiger partial charge on any atom is 0.221 e. The molecule has 0 aromatic rings. The molecular weight excluding hydrogens is 236 g/mol. The van der Waals surface area contributed by atoms with Crippen LogP contribution in [0.5, 0.6) is 0 Å². The summed E-state index contributed by atoms with van der Waals surface area (Å²) in [6, 6.07) is 0.0626. The summed E-state index contributed by atoms with van der Waals surface area (Å²) in [7, 11) is -0.677. The van der Waals surface area contributed by atoms with E-state index in [1.807, 2.05) is 20.8 Å². The van der Waals surface area contributed by atoms with Crippen LogP contribution >= 0.6 is 0 Å². The van der Waals surface area contributed by atoms with Gasteiger partial charge >= 0.3 is 0 Å². The summed E-state index contributed by atoms with van der Waals surface area (Å²) in [4.78, 5) is 11.8. The molecule has 1 amide bonds. The molecule has 0 radical (unpaired) electrons. The van der Waals surface area contributed by atoms with E-state index in [2.05, 4.69) is 5.32 Å². The zero-order chi connectivity index (χ0) is 13.1. The number of carbonyl (C=O) groups excluding carboxylic acids is 1. The van der Waals surface area contributed by atoms with E-state index in [1.165, 1.54) is 0 Å². The molecule has 1 rings (SSSR count). The molecule has 0 saturated carbocycles. The molecule has 0 aromatic heterocycles. The normalized spacial score (nSPS) is 27.5. The van der Waals surface area contributed by atoms with Gasteiger partial charge in [0.25, 0.3) is 0 Å². The van der Waals surface area contributed by atoms with Gasteiger partial charge in [-0.2, -0.15) is 0 Å². The quantitative estimate of drug-likeness (QED) is 0.787. The summed E-state index contributed by atoms with van der Waals surface area (Å²) in [6.45, 7) is 6.11. The Kier molecular flexibility index (Phi) is 5.13. The van der Waals surface area contributed by atoms with Crippen molar-refractivity contribution >= 4 is 16.7 Å². The Labute approximate surface area is 106 Å². The highest BCUT2D eigenvalue weighted by molar-refractivity contribution is 7.85. The average Bonchev–Trinajstić information content (AvgIpc) is 2.20. The Morgan fingerprint density at radius 3 is 2.41 bits per heavy atom. The molecule has 17 heavy (non-hydrogen) atoms. The predicted molar refractivity (Wildman–Crippen MR) is 71.1 cm³/mol. The lowest BCUT2D eigenvalue weighted by atomic mass is 9.85. The van der Waals surface area contributed by atoms with Gasteiger partial charge < -0.3 is 11.1 Å². The van der Waals surface area contributed by atoms with Crippen molar-refractivity contribution in [1.29, 1.82) is 0 Å². The van der Waals surface area contributed by atoms with Crippen molar-refractivity contribution in [2.24, 2.45) is 11.1 Å². The second-order valence-corrected chi connectivity index (χ2v) is 7.56. The zero-order valence-corrected chi connectivity index (χ0v) is 11.8. The van der Waals surface area contributed by atoms with Crippen molar-refractivity contribution in [1.82, 2.24) is 5.32 Å². The molecule has 1 heterocycles. The van der Waals surface area contributed by atoms with Crippen LogP contribution in [-0.2, 0) is 15.6 Å². The molecule has 1 atom stereocenters. The molecule has 0 bridgehead atoms. The van der Waals surface area contributed by atoms with Gasteiger partial charge in [-0.1, -0.05) is 20.8 Å². The molecule has 0 aromatic carbocycles. The van der Waals surface area contributed by atoms with Crippen LogP contribution in [0.25, 0.3) is 0 Å². The van der Waals surface area contributed by atoms with E-state index in [0.717, 1.165) is 12.8 Å². The number of nitrogens with one attached hydrogen (secondary N) is 1. The van der Waals surface area contributed by atoms with Crippen LogP contribution in [-0.4, -0.2) is 33.7 Å². The van der Waals surface area contributed by atoms with Gasteiger partial charge in [0.2, 0.25) is 5.91 Å². The topological polar surface area (TPSA) is 72.2 Å². The van der Waals surface area contributed by atoms with Crippen LogP contribution in [0.15, 0.2) is 0 Å². The van der Waals surface area contributed by atoms with E-state index < -0.39 is 10.8 Å². The molecule has 0 spiro atoms. The van der Waals surface area contributed by atoms with E-state index in [-0.39, 0.29) is 23.4 Å². The van der Waals surface area contributed by atoms with Gasteiger partial charge in [-0.05, 0) is 18.3 Å². The molecule has 0 aliphatic carbocycles. The van der Waals surface area contributed by atoms with Crippen LogP contribution in [0.4, 0.5) is 0 Å². The van der Waals surface area contributed by atoms with Gasteiger partial charge in [-0.15, -0.1) is 0 Å². The fourth-order valence-electron chi connectivity index (χ4n) is 1.73. The number of nitrogens with two attached hydrogens (primary N) is 1. The molecule has 1 aliphatic rings. The SMILES string of the molecule is CC(C)(C)C(N)CC(=O)NC1CCS(=O)CC1. The molecule has 5 heteroatoms. The van der Waals surface area contributed by atoms with Crippen LogP contribution in [0.1, 0.15) is 40.0 Å². The highest BCUT2D eigenvalue weighted by Gasteiger charge is 2.25. The fourth-order valence-corrected chi connectivity index (χ4v) is 3.03. The first-order valence-electron chi connectivity index (χ1n) is 6.19. The number of carbonyl (C=O) groups is 1. The second kappa shape index (κ2) is 5.96. The smallest absolute Gasteiger partial charge is 0.221 e. The van der Waals surface area contributed by atoms with E-state index >= 15 is 0 Å². The number of rotatable bonds is 3. The summed E-state index contributed by atoms with van der Waals surface area (Å²) >= 11 is 0. The van der Waals surface area contributed by atoms with Crippen LogP contribution in [0, 0.1) is 5.41 Å². The molecule has 100 valence electrons. The Bertz CT molecular complexity index is 289. The Morgan fingerprint density at radius 1 is 1.41 bits per heavy atom. The maximum absolute atomic E-state index is 11.8. The van der Waals surface area contributed by atoms with Gasteiger partial charge in [-0.3, -0.25) is 9.00 Å². The predicted octanol–water partition coefficient (Wildman–Crippen LogP) is 0.777. The summed E-state index contributed by atoms with van der Waals surface area (Å²) < 4.78 is 11.2. The van der Waals surface area contributed by atoms with Gasteiger partial charge in [0, 0.05) is 40.8 Å². The molecule has 1 unspecified atom stereocenters. The highest BCUT2D eigenvalue weighted by Crippen LogP contribution is 2.19. The Morgan fingerprint density at radius 2 is 1.94 bits per heavy atom. The lowest BCUT2D eigenvalue weighted by molar-refractivity contribution is -0.122. The largest absolute Gasteiger partial charge is 0.353 e. The van der Waals surface area contributed by atoms with Gasteiger partial charge in [-0.25, -0.2) is 0 Å². The first-order valence-corrected chi connectivity index (χ1v) is 7.68. The van der Waals surface area contributed by atoms with Crippen LogP contribution in [0.3, 0.4) is 0 Å². The third-order valence-electron chi connectivity index (χ3n) is 3.27. The number of hydrogen-bond acceptors (Lipinski definition) is 3. The molecule has 3 N–H and O–H groups in total. The van der Waals surface area contributed by atoms with Crippen molar-refractivity contribution in [3.63, 3.8) is 0 Å². The summed E-state index contributed by atoms with van der Waals surface area (Å²) in [5.74, 6) is 1.43. The lowest BCUT2D eigenvalue weighted by Gasteiger charge is -2.28. The third-order valence-corrected chi connectivity index (χ3v) is 4.65. The van der Waals surface area contributed by atoms with Crippen molar-refractivity contribution in [3.05, 3.63) is 0 Å². The summed E-state index contributed by atoms with van der Waals surface area (Å²) in [5.41, 5.74) is 5.92. The minimum atomic E-state index is -0.677. The van der Waals surface area contributed by atoms with Crippen LogP contribution < -0.4 is 11.1 Å². The minimum Gasteiger partial charge on any atom is -0.353 e. The second-order valence-electron chi connectivity index (χ2n) is 5.87. The first kappa shape index (κ1) is 14.6. The van der Waals surface area contributed by atoms with Crippen molar-refractivity contribution in [2.75, 3.05) is 11.5 Å². The number of hydrogen-bond donors (Lipinski definition) is 2. The molecular formula is C12H24N2O2S. The van der Waals surface area contributed by atoms with Gasteiger partial charge in [0.15, 0.2) is 0 Å². The van der Waals surface area contributed by atoms with E-state index in [9.17, 15) is 9.00 Å². The first-order chi connectivity index (χ1) is 7.79. The van der Waals surface area contributed by atoms with Crippen molar-refractivity contribution in [3.8, 4) is 0 Å². The third kappa shape index (κ3) is 5.17. The molecule has 1 aliphatic heterocycles. The highest BCUT2D eigenvalue weighted by atomic mass is 32.2. The van der Waals surface area contributed by atoms with Crippen molar-refractivity contribution in [2.45, 2.75) is 52.1 Å². The van der Waals surface area contributed by atoms with Gasteiger partial charge in [0.1, 0.15) is 0 Å². The van der Waals surface area contributed by atoms with Crippen LogP contribution in [0.2, 0.25) is 0 Å². The fraction of sp³-hybridized carbons (Fsp3) is 0.917. The minimum absolute atomic E-state index is 0.0186. The molecule has 1 fully saturated rings.